The molecule has 0 radical (unpaired) electrons. The van der Waals surface area contributed by atoms with Crippen molar-refractivity contribution >= 4 is 17.5 Å². The molecule has 0 saturated carbocycles. The first-order valence-corrected chi connectivity index (χ1v) is 10.1. The van der Waals surface area contributed by atoms with Crippen LogP contribution in [0.3, 0.4) is 0 Å². The number of rotatable bonds is 5. The van der Waals surface area contributed by atoms with E-state index in [1.807, 2.05) is 24.0 Å². The molecule has 6 heteroatoms. The van der Waals surface area contributed by atoms with Gasteiger partial charge in [-0.05, 0) is 44.2 Å². The lowest BCUT2D eigenvalue weighted by Crippen LogP contribution is -2.46. The van der Waals surface area contributed by atoms with Crippen LogP contribution in [-0.2, 0) is 17.8 Å². The van der Waals surface area contributed by atoms with Crippen molar-refractivity contribution in [2.75, 3.05) is 6.54 Å². The number of hydrogen-bond donors (Lipinski definition) is 0. The smallest absolute Gasteiger partial charge is 0.254 e. The van der Waals surface area contributed by atoms with Crippen LogP contribution in [0.5, 0.6) is 0 Å². The minimum Gasteiger partial charge on any atom is -0.338 e. The number of carbonyl (C=O) groups is 1. The van der Waals surface area contributed by atoms with Crippen LogP contribution in [0.15, 0.2) is 35.1 Å². The van der Waals surface area contributed by atoms with Crippen molar-refractivity contribution in [1.29, 1.82) is 0 Å². The van der Waals surface area contributed by atoms with Crippen molar-refractivity contribution in [1.82, 2.24) is 14.5 Å². The van der Waals surface area contributed by atoms with E-state index in [0.717, 1.165) is 37.8 Å². The topological polar surface area (TPSA) is 55.2 Å². The van der Waals surface area contributed by atoms with Crippen LogP contribution in [0.25, 0.3) is 11.4 Å². The summed E-state index contributed by atoms with van der Waals surface area (Å²) < 4.78 is 1.48. The Morgan fingerprint density at radius 3 is 2.78 bits per heavy atom. The number of benzene rings is 1. The van der Waals surface area contributed by atoms with Gasteiger partial charge in [0, 0.05) is 34.9 Å². The molecule has 0 unspecified atom stereocenters. The SMILES string of the molecule is CCc1cc(=O)n(CC(=O)N2CCCC[C@H]2CC)c(-c2cccc(Cl)c2)n1. The minimum absolute atomic E-state index is 0.00811. The third-order valence-corrected chi connectivity index (χ3v) is 5.45. The Kier molecular flexibility index (Phi) is 6.32. The maximum absolute atomic E-state index is 13.0. The first-order chi connectivity index (χ1) is 13.0. The average Bonchev–Trinajstić information content (AvgIpc) is 2.69. The molecule has 3 rings (SSSR count). The van der Waals surface area contributed by atoms with Gasteiger partial charge in [0.2, 0.25) is 5.91 Å². The second-order valence-electron chi connectivity index (χ2n) is 7.00. The number of aryl methyl sites for hydroxylation is 1. The van der Waals surface area contributed by atoms with Gasteiger partial charge in [-0.2, -0.15) is 0 Å². The summed E-state index contributed by atoms with van der Waals surface area (Å²) >= 11 is 6.14. The first-order valence-electron chi connectivity index (χ1n) is 9.69. The summed E-state index contributed by atoms with van der Waals surface area (Å²) in [6, 6.07) is 9.03. The second kappa shape index (κ2) is 8.70. The van der Waals surface area contributed by atoms with Crippen molar-refractivity contribution < 1.29 is 4.79 Å². The number of aromatic nitrogens is 2. The molecule has 0 spiro atoms. The van der Waals surface area contributed by atoms with Crippen LogP contribution in [0.1, 0.15) is 45.2 Å². The number of piperidine rings is 1. The maximum atomic E-state index is 13.0. The molecule has 1 aliphatic rings. The van der Waals surface area contributed by atoms with Crippen molar-refractivity contribution in [3.63, 3.8) is 0 Å². The molecule has 144 valence electrons. The molecule has 1 aromatic heterocycles. The van der Waals surface area contributed by atoms with Crippen LogP contribution in [0.4, 0.5) is 0 Å². The number of nitrogens with zero attached hydrogens (tertiary/aromatic N) is 3. The van der Waals surface area contributed by atoms with E-state index in [4.69, 9.17) is 11.6 Å². The number of amides is 1. The fraction of sp³-hybridized carbons (Fsp3) is 0.476. The molecule has 1 amide bonds. The minimum atomic E-state index is -0.199. The highest BCUT2D eigenvalue weighted by molar-refractivity contribution is 6.30. The van der Waals surface area contributed by atoms with Crippen LogP contribution in [0, 0.1) is 0 Å². The molecule has 1 fully saturated rings. The summed E-state index contributed by atoms with van der Waals surface area (Å²) in [6.45, 7) is 4.84. The van der Waals surface area contributed by atoms with Crippen molar-refractivity contribution in [3.05, 3.63) is 51.4 Å². The Labute approximate surface area is 165 Å². The standard InChI is InChI=1S/C21H26ClN3O2/c1-3-17-13-19(26)25(21(23-17)15-8-7-9-16(22)12-15)14-20(27)24-11-6-5-10-18(24)4-2/h7-9,12-13,18H,3-6,10-11,14H2,1-2H3/t18-/m1/s1. The quantitative estimate of drug-likeness (QED) is 0.781. The number of hydrogen-bond acceptors (Lipinski definition) is 3. The second-order valence-corrected chi connectivity index (χ2v) is 7.44. The average molecular weight is 388 g/mol. The number of likely N-dealkylation sites (tertiary alicyclic amines) is 1. The Balaban J connectivity index is 1.99. The lowest BCUT2D eigenvalue weighted by molar-refractivity contribution is -0.135. The molecule has 1 atom stereocenters. The van der Waals surface area contributed by atoms with Gasteiger partial charge in [-0.25, -0.2) is 4.98 Å². The predicted octanol–water partition coefficient (Wildman–Crippen LogP) is 3.92. The summed E-state index contributed by atoms with van der Waals surface area (Å²) in [6.07, 6.45) is 4.80. The molecule has 0 N–H and O–H groups in total. The molecule has 1 saturated heterocycles. The van der Waals surface area contributed by atoms with Crippen molar-refractivity contribution in [3.8, 4) is 11.4 Å². The maximum Gasteiger partial charge on any atom is 0.254 e. The van der Waals surface area contributed by atoms with Gasteiger partial charge in [0.15, 0.2) is 0 Å². The van der Waals surface area contributed by atoms with E-state index in [9.17, 15) is 9.59 Å². The largest absolute Gasteiger partial charge is 0.338 e. The Morgan fingerprint density at radius 2 is 2.07 bits per heavy atom. The van der Waals surface area contributed by atoms with Gasteiger partial charge in [-0.3, -0.25) is 14.2 Å². The molecule has 0 bridgehead atoms. The molecule has 1 aromatic carbocycles. The van der Waals surface area contributed by atoms with E-state index in [-0.39, 0.29) is 24.1 Å². The molecule has 0 aliphatic carbocycles. The summed E-state index contributed by atoms with van der Waals surface area (Å²) in [5, 5.41) is 0.573. The molecular weight excluding hydrogens is 362 g/mol. The van der Waals surface area contributed by atoms with Gasteiger partial charge < -0.3 is 4.90 Å². The van der Waals surface area contributed by atoms with E-state index >= 15 is 0 Å². The van der Waals surface area contributed by atoms with Gasteiger partial charge in [0.25, 0.3) is 5.56 Å². The van der Waals surface area contributed by atoms with E-state index < -0.39 is 0 Å². The zero-order valence-electron chi connectivity index (χ0n) is 15.9. The van der Waals surface area contributed by atoms with E-state index in [1.165, 1.54) is 10.6 Å². The first kappa shape index (κ1) is 19.6. The molecular formula is C21H26ClN3O2. The van der Waals surface area contributed by atoms with Gasteiger partial charge in [-0.15, -0.1) is 0 Å². The van der Waals surface area contributed by atoms with Gasteiger partial charge >= 0.3 is 0 Å². The Bertz CT molecular complexity index is 878. The number of carbonyl (C=O) groups excluding carboxylic acids is 1. The Morgan fingerprint density at radius 1 is 1.26 bits per heavy atom. The lowest BCUT2D eigenvalue weighted by atomic mass is 10.00. The van der Waals surface area contributed by atoms with Crippen LogP contribution in [-0.4, -0.2) is 32.9 Å². The predicted molar refractivity (Wildman–Crippen MR) is 108 cm³/mol. The van der Waals surface area contributed by atoms with Crippen molar-refractivity contribution in [2.45, 2.75) is 58.5 Å². The Hall–Kier alpha value is -2.14. The lowest BCUT2D eigenvalue weighted by Gasteiger charge is -2.35. The zero-order valence-corrected chi connectivity index (χ0v) is 16.7. The van der Waals surface area contributed by atoms with E-state index in [2.05, 4.69) is 11.9 Å². The number of halogens is 1. The van der Waals surface area contributed by atoms with Crippen LogP contribution < -0.4 is 5.56 Å². The van der Waals surface area contributed by atoms with Crippen LogP contribution in [0.2, 0.25) is 5.02 Å². The summed E-state index contributed by atoms with van der Waals surface area (Å²) in [4.78, 5) is 32.3. The molecule has 2 aromatic rings. The molecule has 5 nitrogen and oxygen atoms in total. The zero-order chi connectivity index (χ0) is 19.4. The van der Waals surface area contributed by atoms with Crippen LogP contribution >= 0.6 is 11.6 Å². The van der Waals surface area contributed by atoms with Gasteiger partial charge in [-0.1, -0.05) is 37.6 Å². The highest BCUT2D eigenvalue weighted by Gasteiger charge is 2.26. The van der Waals surface area contributed by atoms with Gasteiger partial charge in [0.1, 0.15) is 12.4 Å². The van der Waals surface area contributed by atoms with Crippen molar-refractivity contribution in [2.24, 2.45) is 0 Å². The molecule has 2 heterocycles. The monoisotopic (exact) mass is 387 g/mol. The van der Waals surface area contributed by atoms with E-state index in [1.54, 1.807) is 12.1 Å². The summed E-state index contributed by atoms with van der Waals surface area (Å²) in [7, 11) is 0. The summed E-state index contributed by atoms with van der Waals surface area (Å²) in [5.41, 5.74) is 1.26. The third-order valence-electron chi connectivity index (χ3n) is 5.22. The highest BCUT2D eigenvalue weighted by Crippen LogP contribution is 2.23. The fourth-order valence-corrected chi connectivity index (χ4v) is 3.91. The normalized spacial score (nSPS) is 17.1. The molecule has 1 aliphatic heterocycles. The third kappa shape index (κ3) is 4.41. The highest BCUT2D eigenvalue weighted by atomic mass is 35.5. The fourth-order valence-electron chi connectivity index (χ4n) is 3.71. The van der Waals surface area contributed by atoms with E-state index in [0.29, 0.717) is 23.0 Å². The molecule has 27 heavy (non-hydrogen) atoms. The van der Waals surface area contributed by atoms with Gasteiger partial charge in [0.05, 0.1) is 0 Å². The summed E-state index contributed by atoms with van der Waals surface area (Å²) in [5.74, 6) is 0.484.